The van der Waals surface area contributed by atoms with Gasteiger partial charge in [-0.15, -0.1) is 0 Å². The Hall–Kier alpha value is -2.22. The van der Waals surface area contributed by atoms with Crippen LogP contribution in [-0.4, -0.2) is 57.3 Å². The third-order valence-corrected chi connectivity index (χ3v) is 3.32. The van der Waals surface area contributed by atoms with Crippen molar-refractivity contribution in [3.63, 3.8) is 0 Å². The van der Waals surface area contributed by atoms with Gasteiger partial charge in [-0.2, -0.15) is 0 Å². The van der Waals surface area contributed by atoms with Crippen molar-refractivity contribution in [3.05, 3.63) is 48.0 Å². The molecule has 0 amide bonds. The zero-order valence-electron chi connectivity index (χ0n) is 12.7. The van der Waals surface area contributed by atoms with Crippen molar-refractivity contribution in [2.24, 2.45) is 0 Å². The smallest absolute Gasteiger partial charge is 0.335 e. The highest BCUT2D eigenvalue weighted by atomic mass is 16.4. The van der Waals surface area contributed by atoms with E-state index in [9.17, 15) is 19.8 Å². The van der Waals surface area contributed by atoms with Crippen LogP contribution < -0.4 is 0 Å². The highest BCUT2D eigenvalue weighted by molar-refractivity contribution is 5.89. The van der Waals surface area contributed by atoms with Crippen LogP contribution in [0.1, 0.15) is 28.8 Å². The Morgan fingerprint density at radius 2 is 1.61 bits per heavy atom. The molecule has 23 heavy (non-hydrogen) atoms. The zero-order valence-corrected chi connectivity index (χ0v) is 12.7. The maximum absolute atomic E-state index is 11.2. The molecule has 0 spiro atoms. The first-order chi connectivity index (χ1) is 10.9. The lowest BCUT2D eigenvalue weighted by molar-refractivity contribution is -0.131. The summed E-state index contributed by atoms with van der Waals surface area (Å²) in [4.78, 5) is 20.4. The van der Waals surface area contributed by atoms with Crippen LogP contribution in [0.25, 0.3) is 0 Å². The Morgan fingerprint density at radius 3 is 2.00 bits per heavy atom. The summed E-state index contributed by atoms with van der Waals surface area (Å²) in [6.45, 7) is 2.15. The van der Waals surface area contributed by atoms with Crippen molar-refractivity contribution < 1.29 is 35.1 Å². The molecule has 0 aromatic heterocycles. The first-order valence-electron chi connectivity index (χ1n) is 6.89. The minimum Gasteiger partial charge on any atom is -0.478 e. The predicted molar refractivity (Wildman–Crippen MR) is 83.4 cm³/mol. The summed E-state index contributed by atoms with van der Waals surface area (Å²) in [7, 11) is 0. The molecule has 128 valence electrons. The Labute approximate surface area is 134 Å². The van der Waals surface area contributed by atoms with E-state index < -0.39 is 17.4 Å². The van der Waals surface area contributed by atoms with Crippen LogP contribution in [0, 0.1) is 0 Å². The molecule has 0 aliphatic heterocycles. The summed E-state index contributed by atoms with van der Waals surface area (Å²) >= 11 is 0. The van der Waals surface area contributed by atoms with Crippen LogP contribution in [-0.2, 0) is 10.2 Å². The molecule has 0 aliphatic rings. The van der Waals surface area contributed by atoms with Gasteiger partial charge in [-0.1, -0.05) is 24.8 Å². The molecule has 5 N–H and O–H groups in total. The molecule has 0 bridgehead atoms. The van der Waals surface area contributed by atoms with E-state index in [1.807, 2.05) is 0 Å². The van der Waals surface area contributed by atoms with Gasteiger partial charge >= 0.3 is 11.9 Å². The minimum absolute atomic E-state index is 0.0681. The van der Waals surface area contributed by atoms with Gasteiger partial charge in [-0.3, -0.25) is 0 Å². The fraction of sp³-hybridized carbons (Fsp3) is 0.375. The summed E-state index contributed by atoms with van der Waals surface area (Å²) in [5.74, 6) is -2.08. The molecule has 0 saturated heterocycles. The van der Waals surface area contributed by atoms with Gasteiger partial charge in [0.2, 0.25) is 0 Å². The largest absolute Gasteiger partial charge is 0.478 e. The van der Waals surface area contributed by atoms with Gasteiger partial charge in [-0.25, -0.2) is 9.59 Å². The maximum Gasteiger partial charge on any atom is 0.335 e. The van der Waals surface area contributed by atoms with Crippen LogP contribution in [0.3, 0.4) is 0 Å². The Balaban J connectivity index is 0.000000841. The molecule has 7 nitrogen and oxygen atoms in total. The molecule has 0 atom stereocenters. The van der Waals surface area contributed by atoms with Gasteiger partial charge < -0.3 is 25.5 Å². The standard InChI is InChI=1S/C13H18O5.C3H4O2/c14-7-3-6-13(8-15,9-16)11-5-2-1-4-10(11)12(17)18;1-2-3(4)5/h1-2,4-5,14-16H,3,6-9H2,(H,17,18);2H,1H2,(H,4,5). The summed E-state index contributed by atoms with van der Waals surface area (Å²) in [6.07, 6.45) is 1.54. The molecular weight excluding hydrogens is 304 g/mol. The van der Waals surface area contributed by atoms with Crippen LogP contribution in [0.15, 0.2) is 36.9 Å². The summed E-state index contributed by atoms with van der Waals surface area (Å²) in [5, 5.41) is 44.7. The summed E-state index contributed by atoms with van der Waals surface area (Å²) < 4.78 is 0. The van der Waals surface area contributed by atoms with E-state index in [0.717, 1.165) is 6.08 Å². The number of carboxylic acids is 2. The normalized spacial score (nSPS) is 10.4. The molecule has 0 radical (unpaired) electrons. The monoisotopic (exact) mass is 326 g/mol. The molecule has 0 fully saturated rings. The molecule has 1 rings (SSSR count). The summed E-state index contributed by atoms with van der Waals surface area (Å²) in [6, 6.07) is 6.29. The van der Waals surface area contributed by atoms with E-state index in [1.54, 1.807) is 18.2 Å². The van der Waals surface area contributed by atoms with Crippen molar-refractivity contribution in [1.29, 1.82) is 0 Å². The van der Waals surface area contributed by atoms with Gasteiger partial charge in [-0.05, 0) is 24.5 Å². The second-order valence-electron chi connectivity index (χ2n) is 4.82. The van der Waals surface area contributed by atoms with E-state index in [-0.39, 0.29) is 25.4 Å². The maximum atomic E-state index is 11.2. The lowest BCUT2D eigenvalue weighted by Gasteiger charge is -2.31. The van der Waals surface area contributed by atoms with Gasteiger partial charge in [0.05, 0.1) is 18.8 Å². The number of hydrogen-bond acceptors (Lipinski definition) is 5. The second kappa shape index (κ2) is 10.5. The molecular formula is C16H22O7. The number of carbonyl (C=O) groups is 2. The Kier molecular flexibility index (Phi) is 9.48. The average Bonchev–Trinajstić information content (AvgIpc) is 2.57. The zero-order chi connectivity index (χ0) is 17.9. The van der Waals surface area contributed by atoms with Crippen LogP contribution >= 0.6 is 0 Å². The first-order valence-corrected chi connectivity index (χ1v) is 6.89. The lowest BCUT2D eigenvalue weighted by Crippen LogP contribution is -2.36. The highest BCUT2D eigenvalue weighted by Gasteiger charge is 2.33. The second-order valence-corrected chi connectivity index (χ2v) is 4.82. The van der Waals surface area contributed by atoms with Gasteiger partial charge in [0.1, 0.15) is 0 Å². The summed E-state index contributed by atoms with van der Waals surface area (Å²) in [5.41, 5.74) is -0.563. The number of aliphatic carboxylic acids is 1. The molecule has 0 saturated carbocycles. The van der Waals surface area contributed by atoms with Crippen LogP contribution in [0.4, 0.5) is 0 Å². The lowest BCUT2D eigenvalue weighted by atomic mass is 9.76. The first kappa shape index (κ1) is 20.8. The SMILES string of the molecule is C=CC(=O)O.O=C(O)c1ccccc1C(CO)(CO)CCCO. The van der Waals surface area contributed by atoms with Crippen LogP contribution in [0.2, 0.25) is 0 Å². The minimum atomic E-state index is -1.10. The van der Waals surface area contributed by atoms with E-state index >= 15 is 0 Å². The molecule has 7 heteroatoms. The van der Waals surface area contributed by atoms with E-state index in [4.69, 9.17) is 15.3 Å². The third kappa shape index (κ3) is 6.19. The van der Waals surface area contributed by atoms with Crippen molar-refractivity contribution in [3.8, 4) is 0 Å². The number of aromatic carboxylic acids is 1. The number of aliphatic hydroxyl groups excluding tert-OH is 3. The quantitative estimate of drug-likeness (QED) is 0.442. The number of aliphatic hydroxyl groups is 3. The molecule has 1 aromatic carbocycles. The van der Waals surface area contributed by atoms with Crippen molar-refractivity contribution in [1.82, 2.24) is 0 Å². The fourth-order valence-electron chi connectivity index (χ4n) is 2.06. The number of carboxylic acid groups (broad SMARTS) is 2. The van der Waals surface area contributed by atoms with Gasteiger partial charge in [0, 0.05) is 18.1 Å². The highest BCUT2D eigenvalue weighted by Crippen LogP contribution is 2.31. The predicted octanol–water partition coefficient (Wildman–Crippen LogP) is 0.637. The van der Waals surface area contributed by atoms with E-state index in [0.29, 0.717) is 18.4 Å². The van der Waals surface area contributed by atoms with E-state index in [2.05, 4.69) is 6.58 Å². The Morgan fingerprint density at radius 1 is 1.09 bits per heavy atom. The third-order valence-electron chi connectivity index (χ3n) is 3.32. The van der Waals surface area contributed by atoms with Crippen molar-refractivity contribution in [2.45, 2.75) is 18.3 Å². The topological polar surface area (TPSA) is 135 Å². The van der Waals surface area contributed by atoms with Gasteiger partial charge in [0.15, 0.2) is 0 Å². The van der Waals surface area contributed by atoms with Crippen molar-refractivity contribution >= 4 is 11.9 Å². The van der Waals surface area contributed by atoms with Gasteiger partial charge in [0.25, 0.3) is 0 Å². The fourth-order valence-corrected chi connectivity index (χ4v) is 2.06. The number of benzene rings is 1. The number of rotatable bonds is 8. The molecule has 1 aromatic rings. The van der Waals surface area contributed by atoms with Crippen molar-refractivity contribution in [2.75, 3.05) is 19.8 Å². The molecule has 0 aliphatic carbocycles. The molecule has 0 heterocycles. The van der Waals surface area contributed by atoms with E-state index in [1.165, 1.54) is 6.07 Å². The Bertz CT molecular complexity index is 521. The van der Waals surface area contributed by atoms with Crippen LogP contribution in [0.5, 0.6) is 0 Å². The molecule has 0 unspecified atom stereocenters. The number of hydrogen-bond donors (Lipinski definition) is 5. The average molecular weight is 326 g/mol.